The van der Waals surface area contributed by atoms with Gasteiger partial charge in [0.2, 0.25) is 5.69 Å². The Kier molecular flexibility index (Phi) is 5.12. The predicted molar refractivity (Wildman–Crippen MR) is 106 cm³/mol. The van der Waals surface area contributed by atoms with Crippen LogP contribution in [0.4, 0.5) is 0 Å². The van der Waals surface area contributed by atoms with E-state index in [1.807, 2.05) is 0 Å². The average Bonchev–Trinajstić information content (AvgIpc) is 2.92. The van der Waals surface area contributed by atoms with Crippen molar-refractivity contribution in [2.24, 2.45) is 5.10 Å². The monoisotopic (exact) mass is 386 g/mol. The molecular weight excluding hydrogens is 360 g/mol. The molecule has 1 aliphatic heterocycles. The van der Waals surface area contributed by atoms with Gasteiger partial charge in [-0.2, -0.15) is 10.3 Å². The summed E-state index contributed by atoms with van der Waals surface area (Å²) in [4.78, 5) is 25.9. The number of benzene rings is 1. The number of carbonyl (C=O) groups excluding carboxylic acids is 1. The topological polar surface area (TPSA) is 124 Å². The summed E-state index contributed by atoms with van der Waals surface area (Å²) >= 11 is 0. The number of phenols is 1. The number of aromatic nitrogens is 3. The summed E-state index contributed by atoms with van der Waals surface area (Å²) in [6.07, 6.45) is 2.80. The Hall–Kier alpha value is -2.94. The molecule has 4 N–H and O–H groups in total. The summed E-state index contributed by atoms with van der Waals surface area (Å²) in [5.74, 6) is -0.496. The van der Waals surface area contributed by atoms with Crippen LogP contribution in [0.3, 0.4) is 0 Å². The minimum absolute atomic E-state index is 0.0351. The minimum atomic E-state index is -0.656. The molecule has 150 valence electrons. The molecule has 1 saturated heterocycles. The Balaban J connectivity index is 1.74. The zero-order valence-electron chi connectivity index (χ0n) is 16.5. The first-order valence-electron chi connectivity index (χ1n) is 9.16. The van der Waals surface area contributed by atoms with Crippen LogP contribution >= 0.6 is 0 Å². The van der Waals surface area contributed by atoms with Gasteiger partial charge in [0.25, 0.3) is 5.91 Å². The van der Waals surface area contributed by atoms with E-state index in [1.54, 1.807) is 18.2 Å². The third-order valence-corrected chi connectivity index (χ3v) is 4.64. The maximum atomic E-state index is 12.6. The molecule has 9 nitrogen and oxygen atoms in total. The highest BCUT2D eigenvalue weighted by atomic mass is 16.3. The van der Waals surface area contributed by atoms with Gasteiger partial charge in [0.05, 0.1) is 6.21 Å². The van der Waals surface area contributed by atoms with Crippen molar-refractivity contribution in [2.75, 3.05) is 0 Å². The van der Waals surface area contributed by atoms with Crippen LogP contribution in [0.1, 0.15) is 56.6 Å². The molecule has 0 spiro atoms. The van der Waals surface area contributed by atoms with Crippen LogP contribution in [0.2, 0.25) is 0 Å². The maximum Gasteiger partial charge on any atom is 0.320 e. The molecule has 1 amide bonds. The predicted octanol–water partition coefficient (Wildman–Crippen LogP) is 1.20. The number of amides is 1. The number of nitrogens with one attached hydrogen (secondary N) is 3. The average molecular weight is 386 g/mol. The standard InChI is InChI=1S/C19H26N6O3/c1-18(2)9-13(10-19(3,4)23-18)21-16(27)15-17(28)25(24-22-15)20-11-12-7-5-6-8-14(12)26/h5-8,11,13,23-24,26H,9-10H2,1-4H3,(H,21,27). The van der Waals surface area contributed by atoms with Gasteiger partial charge in [-0.1, -0.05) is 12.1 Å². The van der Waals surface area contributed by atoms with E-state index in [9.17, 15) is 14.7 Å². The molecule has 28 heavy (non-hydrogen) atoms. The van der Waals surface area contributed by atoms with Crippen LogP contribution < -0.4 is 16.2 Å². The van der Waals surface area contributed by atoms with Crippen molar-refractivity contribution in [1.82, 2.24) is 25.7 Å². The van der Waals surface area contributed by atoms with Crippen LogP contribution in [0.25, 0.3) is 0 Å². The zero-order valence-corrected chi connectivity index (χ0v) is 16.5. The maximum absolute atomic E-state index is 12.6. The Bertz CT molecular complexity index is 941. The van der Waals surface area contributed by atoms with E-state index in [1.165, 1.54) is 12.3 Å². The lowest BCUT2D eigenvalue weighted by Crippen LogP contribution is -2.62. The number of aromatic hydroxyl groups is 1. The van der Waals surface area contributed by atoms with Crippen molar-refractivity contribution in [3.8, 4) is 5.75 Å². The Morgan fingerprint density at radius 2 is 1.93 bits per heavy atom. The lowest BCUT2D eigenvalue weighted by atomic mass is 9.79. The molecule has 2 aromatic rings. The first-order valence-corrected chi connectivity index (χ1v) is 9.16. The first-order chi connectivity index (χ1) is 13.1. The quantitative estimate of drug-likeness (QED) is 0.588. The van der Waals surface area contributed by atoms with E-state index in [0.717, 1.165) is 17.6 Å². The number of piperidine rings is 1. The molecule has 2 heterocycles. The van der Waals surface area contributed by atoms with Gasteiger partial charge in [-0.25, -0.2) is 0 Å². The number of H-pyrrole nitrogens is 1. The second-order valence-electron chi connectivity index (χ2n) is 8.45. The lowest BCUT2D eigenvalue weighted by Gasteiger charge is -2.46. The van der Waals surface area contributed by atoms with Gasteiger partial charge in [0.1, 0.15) is 5.75 Å². The number of hydrogen-bond donors (Lipinski definition) is 4. The number of carbonyl (C=O) groups is 1. The molecule has 0 aliphatic carbocycles. The van der Waals surface area contributed by atoms with Gasteiger partial charge in [0.15, 0.2) is 0 Å². The number of para-hydroxylation sites is 1. The molecule has 0 radical (unpaired) electrons. The fraction of sp³-hybridized carbons (Fsp3) is 0.474. The molecule has 1 aromatic carbocycles. The number of nitrogens with zero attached hydrogens (tertiary/aromatic N) is 3. The van der Waals surface area contributed by atoms with Crippen molar-refractivity contribution in [2.45, 2.75) is 57.7 Å². The van der Waals surface area contributed by atoms with Gasteiger partial charge in [-0.05, 0) is 52.7 Å². The molecule has 0 atom stereocenters. The summed E-state index contributed by atoms with van der Waals surface area (Å²) < 4.78 is 0. The first kappa shape index (κ1) is 19.8. The molecule has 1 aliphatic rings. The zero-order chi connectivity index (χ0) is 20.5. The normalized spacial score (nSPS) is 19.0. The minimum Gasteiger partial charge on any atom is -0.507 e. The molecule has 9 heteroatoms. The highest BCUT2D eigenvalue weighted by Crippen LogP contribution is 2.28. The summed E-state index contributed by atoms with van der Waals surface area (Å²) in [7, 11) is 0. The van der Waals surface area contributed by atoms with Crippen LogP contribution in [0, 0.1) is 0 Å². The van der Waals surface area contributed by atoms with Crippen molar-refractivity contribution < 1.29 is 9.90 Å². The molecule has 1 fully saturated rings. The largest absolute Gasteiger partial charge is 0.507 e. The van der Waals surface area contributed by atoms with E-state index >= 15 is 0 Å². The number of aromatic amines is 1. The van der Waals surface area contributed by atoms with Crippen molar-refractivity contribution in [3.63, 3.8) is 0 Å². The van der Waals surface area contributed by atoms with Crippen LogP contribution in [-0.4, -0.2) is 49.5 Å². The molecule has 3 rings (SSSR count). The molecule has 0 saturated carbocycles. The summed E-state index contributed by atoms with van der Waals surface area (Å²) in [5, 5.41) is 26.4. The lowest BCUT2D eigenvalue weighted by molar-refractivity contribution is 0.0867. The second kappa shape index (κ2) is 7.23. The number of hydrogen-bond acceptors (Lipinski definition) is 6. The third-order valence-electron chi connectivity index (χ3n) is 4.64. The summed E-state index contributed by atoms with van der Waals surface area (Å²) in [6, 6.07) is 6.50. The fourth-order valence-corrected chi connectivity index (χ4v) is 3.91. The number of rotatable bonds is 4. The summed E-state index contributed by atoms with van der Waals surface area (Å²) in [5.41, 5.74) is -0.727. The van der Waals surface area contributed by atoms with E-state index in [4.69, 9.17) is 0 Å². The van der Waals surface area contributed by atoms with Gasteiger partial charge in [-0.3, -0.25) is 9.59 Å². The van der Waals surface area contributed by atoms with Crippen molar-refractivity contribution >= 4 is 12.1 Å². The highest BCUT2D eigenvalue weighted by molar-refractivity contribution is 5.92. The molecule has 0 bridgehead atoms. The highest BCUT2D eigenvalue weighted by Gasteiger charge is 2.38. The van der Waals surface area contributed by atoms with Gasteiger partial charge < -0.3 is 15.7 Å². The van der Waals surface area contributed by atoms with Gasteiger partial charge >= 0.3 is 5.56 Å². The van der Waals surface area contributed by atoms with Crippen LogP contribution in [0.5, 0.6) is 5.75 Å². The van der Waals surface area contributed by atoms with E-state index in [2.05, 4.69) is 53.7 Å². The summed E-state index contributed by atoms with van der Waals surface area (Å²) in [6.45, 7) is 8.34. The van der Waals surface area contributed by atoms with Crippen molar-refractivity contribution in [1.29, 1.82) is 0 Å². The van der Waals surface area contributed by atoms with Crippen LogP contribution in [0.15, 0.2) is 34.2 Å². The SMILES string of the molecule is CC1(C)CC(NC(=O)c2n[nH]n(N=Cc3ccccc3O)c2=O)CC(C)(C)N1. The van der Waals surface area contributed by atoms with Gasteiger partial charge in [0, 0.05) is 22.7 Å². The molecule has 0 unspecified atom stereocenters. The molecule has 1 aromatic heterocycles. The number of phenolic OH excluding ortho intramolecular Hbond substituents is 1. The van der Waals surface area contributed by atoms with Gasteiger partial charge in [-0.15, -0.1) is 9.89 Å². The fourth-order valence-electron chi connectivity index (χ4n) is 3.91. The Morgan fingerprint density at radius 1 is 1.29 bits per heavy atom. The van der Waals surface area contributed by atoms with E-state index in [-0.39, 0.29) is 28.6 Å². The van der Waals surface area contributed by atoms with Crippen molar-refractivity contribution in [3.05, 3.63) is 45.9 Å². The Labute approximate surface area is 162 Å². The second-order valence-corrected chi connectivity index (χ2v) is 8.45. The van der Waals surface area contributed by atoms with E-state index in [0.29, 0.717) is 5.56 Å². The smallest absolute Gasteiger partial charge is 0.320 e. The third kappa shape index (κ3) is 4.48. The Morgan fingerprint density at radius 3 is 2.57 bits per heavy atom. The van der Waals surface area contributed by atoms with Crippen LogP contribution in [-0.2, 0) is 0 Å². The molecular formula is C19H26N6O3. The van der Waals surface area contributed by atoms with E-state index < -0.39 is 11.5 Å².